The lowest BCUT2D eigenvalue weighted by Crippen LogP contribution is -2.36. The predicted octanol–water partition coefficient (Wildman–Crippen LogP) is 13.9. The lowest BCUT2D eigenvalue weighted by Gasteiger charge is -2.29. The molecule has 5 aromatic heterocycles. The Balaban J connectivity index is 1.06. The molecule has 12 aromatic rings. The van der Waals surface area contributed by atoms with Crippen molar-refractivity contribution in [1.29, 1.82) is 0 Å². The third-order valence-electron chi connectivity index (χ3n) is 13.5. The van der Waals surface area contributed by atoms with Gasteiger partial charge in [-0.1, -0.05) is 134 Å². The summed E-state index contributed by atoms with van der Waals surface area (Å²) >= 11 is 0. The maximum Gasteiger partial charge on any atom is 0.151 e. The number of nitrogens with one attached hydrogen (secondary N) is 1. The van der Waals surface area contributed by atoms with Gasteiger partial charge in [0.1, 0.15) is 39.8 Å². The lowest BCUT2D eigenvalue weighted by molar-refractivity contribution is 0.600. The zero-order valence-electron chi connectivity index (χ0n) is 35.2. The summed E-state index contributed by atoms with van der Waals surface area (Å²) in [4.78, 5) is 16.4. The van der Waals surface area contributed by atoms with E-state index in [0.29, 0.717) is 0 Å². The van der Waals surface area contributed by atoms with Crippen LogP contribution in [0.4, 0.5) is 0 Å². The van der Waals surface area contributed by atoms with Crippen LogP contribution in [0.5, 0.6) is 0 Å². The fourth-order valence-corrected chi connectivity index (χ4v) is 10.4. The molecular weight excluding hydrogens is 801 g/mol. The van der Waals surface area contributed by atoms with Crippen molar-refractivity contribution in [3.05, 3.63) is 199 Å². The Kier molecular flexibility index (Phi) is 7.63. The standard InChI is InChI=1S/C57H38N6O2/c1-33-15-5-6-18-36(33)55-59-54(34-16-3-2-4-17-34)60-56(61-55)45-27-35(62-46-23-11-7-19-37(46)41-28-43-39-21-9-13-25-50(39)64-52(43)30-48(41)62)32-58-57(45)63-47-24-12-8-20-38(47)42-29-44-40-22-10-14-26-51(40)65-53(44)31-49(42)63/h2-33,36,56H,1H3,(H,59,60,61). The van der Waals surface area contributed by atoms with E-state index in [1.54, 1.807) is 0 Å². The van der Waals surface area contributed by atoms with E-state index in [0.717, 1.165) is 122 Å². The number of amidine groups is 2. The number of benzene rings is 7. The van der Waals surface area contributed by atoms with Crippen LogP contribution in [0.2, 0.25) is 0 Å². The second kappa shape index (κ2) is 13.8. The van der Waals surface area contributed by atoms with E-state index < -0.39 is 6.17 Å². The summed E-state index contributed by atoms with van der Waals surface area (Å²) in [6.07, 6.45) is 10.1. The zero-order valence-corrected chi connectivity index (χ0v) is 35.2. The number of allylic oxidation sites excluding steroid dienone is 3. The number of fused-ring (bicyclic) bond motifs is 12. The molecule has 0 radical (unpaired) electrons. The number of nitrogens with zero attached hydrogens (tertiary/aromatic N) is 5. The van der Waals surface area contributed by atoms with Crippen LogP contribution in [0.15, 0.2) is 207 Å². The van der Waals surface area contributed by atoms with Crippen LogP contribution < -0.4 is 5.32 Å². The van der Waals surface area contributed by atoms with E-state index in [1.165, 1.54) is 0 Å². The molecule has 7 aromatic carbocycles. The van der Waals surface area contributed by atoms with Crippen molar-refractivity contribution in [3.8, 4) is 11.5 Å². The Morgan fingerprint density at radius 2 is 1.08 bits per heavy atom. The van der Waals surface area contributed by atoms with Crippen LogP contribution in [0.25, 0.3) is 99.0 Å². The monoisotopic (exact) mass is 838 g/mol. The predicted molar refractivity (Wildman–Crippen MR) is 265 cm³/mol. The minimum Gasteiger partial charge on any atom is -0.456 e. The minimum atomic E-state index is -0.562. The number of rotatable bonds is 5. The molecule has 8 nitrogen and oxygen atoms in total. The van der Waals surface area contributed by atoms with Gasteiger partial charge in [-0.05, 0) is 48.4 Å². The third kappa shape index (κ3) is 5.40. The molecule has 65 heavy (non-hydrogen) atoms. The van der Waals surface area contributed by atoms with Gasteiger partial charge in [0, 0.05) is 72.3 Å². The number of aliphatic imine (C=N–C) groups is 2. The number of hydrogen-bond donors (Lipinski definition) is 1. The van der Waals surface area contributed by atoms with Crippen molar-refractivity contribution in [1.82, 2.24) is 19.4 Å². The van der Waals surface area contributed by atoms with Gasteiger partial charge >= 0.3 is 0 Å². The summed E-state index contributed by atoms with van der Waals surface area (Å²) in [6, 6.07) is 55.2. The Morgan fingerprint density at radius 3 is 1.74 bits per heavy atom. The van der Waals surface area contributed by atoms with Gasteiger partial charge in [0.15, 0.2) is 6.17 Å². The molecule has 3 atom stereocenters. The molecule has 0 saturated carbocycles. The Labute approximate surface area is 371 Å². The van der Waals surface area contributed by atoms with E-state index >= 15 is 0 Å². The summed E-state index contributed by atoms with van der Waals surface area (Å²) in [7, 11) is 0. The van der Waals surface area contributed by atoms with Crippen LogP contribution in [-0.2, 0) is 0 Å². The van der Waals surface area contributed by atoms with Crippen LogP contribution >= 0.6 is 0 Å². The quantitative estimate of drug-likeness (QED) is 0.187. The van der Waals surface area contributed by atoms with Crippen LogP contribution in [-0.4, -0.2) is 25.8 Å². The molecule has 1 N–H and O–H groups in total. The van der Waals surface area contributed by atoms with Gasteiger partial charge in [0.2, 0.25) is 0 Å². The van der Waals surface area contributed by atoms with Crippen molar-refractivity contribution in [2.24, 2.45) is 21.8 Å². The highest BCUT2D eigenvalue weighted by molar-refractivity contribution is 6.19. The SMILES string of the molecule is CC1C=CC=CC1C1=NC(c2cc(-n3c4ccccc4c4cc5c(cc43)oc3ccccc35)cnc2-n2c3ccccc3c3cc4c(cc32)oc2ccccc24)NC(c2ccccc2)=N1. The molecule has 0 saturated heterocycles. The molecule has 14 rings (SSSR count). The van der Waals surface area contributed by atoms with E-state index in [1.807, 2.05) is 36.5 Å². The maximum atomic E-state index is 6.54. The Hall–Kier alpha value is -8.49. The Bertz CT molecular complexity index is 4080. The van der Waals surface area contributed by atoms with Crippen molar-refractivity contribution in [2.75, 3.05) is 0 Å². The first kappa shape index (κ1) is 36.0. The molecule has 3 unspecified atom stereocenters. The normalized spacial score (nSPS) is 17.6. The summed E-state index contributed by atoms with van der Waals surface area (Å²) in [5, 5.41) is 12.7. The molecule has 2 aliphatic rings. The number of aromatic nitrogens is 3. The average Bonchev–Trinajstić information content (AvgIpc) is 4.10. The highest BCUT2D eigenvalue weighted by Crippen LogP contribution is 2.42. The molecule has 1 aliphatic heterocycles. The first-order valence-corrected chi connectivity index (χ1v) is 22.2. The van der Waals surface area contributed by atoms with Crippen molar-refractivity contribution in [2.45, 2.75) is 13.1 Å². The van der Waals surface area contributed by atoms with E-state index in [4.69, 9.17) is 23.8 Å². The second-order valence-electron chi connectivity index (χ2n) is 17.3. The van der Waals surface area contributed by atoms with Gasteiger partial charge in [-0.25, -0.2) is 15.0 Å². The summed E-state index contributed by atoms with van der Waals surface area (Å²) in [5.74, 6) is 2.49. The zero-order chi connectivity index (χ0) is 42.8. The van der Waals surface area contributed by atoms with E-state index in [-0.39, 0.29) is 11.8 Å². The van der Waals surface area contributed by atoms with E-state index in [9.17, 15) is 0 Å². The van der Waals surface area contributed by atoms with Crippen LogP contribution in [0.1, 0.15) is 24.2 Å². The van der Waals surface area contributed by atoms with Gasteiger partial charge in [0.05, 0.1) is 34.0 Å². The van der Waals surface area contributed by atoms with Gasteiger partial charge in [-0.15, -0.1) is 0 Å². The van der Waals surface area contributed by atoms with Gasteiger partial charge in [0.25, 0.3) is 0 Å². The molecule has 0 spiro atoms. The second-order valence-corrected chi connectivity index (χ2v) is 17.3. The van der Waals surface area contributed by atoms with Crippen LogP contribution in [0.3, 0.4) is 0 Å². The molecule has 0 amide bonds. The number of hydrogen-bond acceptors (Lipinski definition) is 6. The smallest absolute Gasteiger partial charge is 0.151 e. The molecule has 1 aliphatic carbocycles. The summed E-state index contributed by atoms with van der Waals surface area (Å²) in [5.41, 5.74) is 10.3. The maximum absolute atomic E-state index is 6.54. The highest BCUT2D eigenvalue weighted by Gasteiger charge is 2.31. The third-order valence-corrected chi connectivity index (χ3v) is 13.5. The molecule has 8 heteroatoms. The molecule has 308 valence electrons. The van der Waals surface area contributed by atoms with Gasteiger partial charge < -0.3 is 18.7 Å². The number of para-hydroxylation sites is 4. The topological polar surface area (TPSA) is 85.8 Å². The highest BCUT2D eigenvalue weighted by atomic mass is 16.3. The lowest BCUT2D eigenvalue weighted by atomic mass is 9.88. The molecule has 6 heterocycles. The summed E-state index contributed by atoms with van der Waals surface area (Å²) < 4.78 is 17.7. The van der Waals surface area contributed by atoms with Crippen molar-refractivity contribution < 1.29 is 8.83 Å². The van der Waals surface area contributed by atoms with Gasteiger partial charge in [-0.3, -0.25) is 4.57 Å². The van der Waals surface area contributed by atoms with Crippen molar-refractivity contribution >= 4 is 99.2 Å². The minimum absolute atomic E-state index is 0.0129. The van der Waals surface area contributed by atoms with Crippen LogP contribution in [0, 0.1) is 11.8 Å². The first-order chi connectivity index (χ1) is 32.1. The van der Waals surface area contributed by atoms with Gasteiger partial charge in [-0.2, -0.15) is 0 Å². The molecular formula is C57H38N6O2. The fourth-order valence-electron chi connectivity index (χ4n) is 10.4. The van der Waals surface area contributed by atoms with Crippen molar-refractivity contribution in [3.63, 3.8) is 0 Å². The van der Waals surface area contributed by atoms with E-state index in [2.05, 4.69) is 173 Å². The molecule has 0 bridgehead atoms. The first-order valence-electron chi connectivity index (χ1n) is 22.2. The fraction of sp³-hybridized carbons (Fsp3) is 0.0702. The number of furan rings is 2. The molecule has 0 fully saturated rings. The largest absolute Gasteiger partial charge is 0.456 e. The average molecular weight is 839 g/mol. The Morgan fingerprint density at radius 1 is 0.508 bits per heavy atom. The number of pyridine rings is 1. The summed E-state index contributed by atoms with van der Waals surface area (Å²) in [6.45, 7) is 2.23.